The van der Waals surface area contributed by atoms with Crippen molar-refractivity contribution in [3.05, 3.63) is 0 Å². The fraction of sp³-hybridized carbons (Fsp3) is 0.750. The van der Waals surface area contributed by atoms with Crippen LogP contribution in [0, 0.1) is 0 Å². The molecule has 0 aromatic heterocycles. The van der Waals surface area contributed by atoms with Crippen molar-refractivity contribution in [3.8, 4) is 0 Å². The third-order valence-corrected chi connectivity index (χ3v) is 5.02. The lowest BCUT2D eigenvalue weighted by atomic mass is 10.3. The summed E-state index contributed by atoms with van der Waals surface area (Å²) >= 11 is 0. The van der Waals surface area contributed by atoms with Crippen LogP contribution in [0.1, 0.15) is 33.1 Å². The predicted molar refractivity (Wildman–Crippen MR) is 70.5 cm³/mol. The summed E-state index contributed by atoms with van der Waals surface area (Å²) in [6.45, 7) is 3.04. The van der Waals surface area contributed by atoms with Gasteiger partial charge in [0.15, 0.2) is 9.84 Å². The number of amides is 2. The van der Waals surface area contributed by atoms with Crippen molar-refractivity contribution in [1.82, 2.24) is 4.90 Å². The van der Waals surface area contributed by atoms with E-state index in [1.165, 1.54) is 6.92 Å². The van der Waals surface area contributed by atoms with Crippen molar-refractivity contribution in [2.75, 3.05) is 18.9 Å². The van der Waals surface area contributed by atoms with Crippen LogP contribution in [0.15, 0.2) is 0 Å². The van der Waals surface area contributed by atoms with Crippen LogP contribution in [0.4, 0.5) is 0 Å². The maximum Gasteiger partial charge on any atom is 0.302 e. The molecule has 20 heavy (non-hydrogen) atoms. The molecule has 1 unspecified atom stereocenters. The van der Waals surface area contributed by atoms with E-state index >= 15 is 0 Å². The fourth-order valence-electron chi connectivity index (χ4n) is 1.93. The van der Waals surface area contributed by atoms with Crippen molar-refractivity contribution >= 4 is 27.6 Å². The first-order valence-electron chi connectivity index (χ1n) is 6.48. The number of nitrogens with zero attached hydrogens (tertiary/aromatic N) is 1. The SMILES string of the molecule is CCCCN1C(=O)CC(S(=O)(=O)CCOC(C)=O)C1=O. The lowest BCUT2D eigenvalue weighted by Gasteiger charge is -2.14. The lowest BCUT2D eigenvalue weighted by molar-refractivity contribution is -0.140. The monoisotopic (exact) mass is 305 g/mol. The zero-order valence-electron chi connectivity index (χ0n) is 11.6. The van der Waals surface area contributed by atoms with Gasteiger partial charge in [0.25, 0.3) is 0 Å². The topological polar surface area (TPSA) is 97.8 Å². The van der Waals surface area contributed by atoms with Gasteiger partial charge in [-0.1, -0.05) is 13.3 Å². The molecule has 0 N–H and O–H groups in total. The van der Waals surface area contributed by atoms with Crippen LogP contribution in [0.5, 0.6) is 0 Å². The molecule has 0 saturated carbocycles. The van der Waals surface area contributed by atoms with E-state index in [4.69, 9.17) is 0 Å². The van der Waals surface area contributed by atoms with Crippen LogP contribution in [-0.2, 0) is 29.0 Å². The Balaban J connectivity index is 2.69. The molecule has 0 aromatic carbocycles. The van der Waals surface area contributed by atoms with Crippen LogP contribution in [0.2, 0.25) is 0 Å². The summed E-state index contributed by atoms with van der Waals surface area (Å²) in [5.74, 6) is -2.15. The van der Waals surface area contributed by atoms with Gasteiger partial charge in [-0.25, -0.2) is 8.42 Å². The second-order valence-electron chi connectivity index (χ2n) is 4.64. The van der Waals surface area contributed by atoms with Gasteiger partial charge in [-0.2, -0.15) is 0 Å². The molecule has 8 heteroatoms. The quantitative estimate of drug-likeness (QED) is 0.481. The van der Waals surface area contributed by atoms with Crippen molar-refractivity contribution in [3.63, 3.8) is 0 Å². The molecule has 1 fully saturated rings. The Morgan fingerprint density at radius 3 is 2.60 bits per heavy atom. The van der Waals surface area contributed by atoms with Gasteiger partial charge in [0.05, 0.1) is 12.2 Å². The summed E-state index contributed by atoms with van der Waals surface area (Å²) in [5, 5.41) is -1.33. The Bertz CT molecular complexity index is 498. The number of likely N-dealkylation sites (tertiary alicyclic amines) is 1. The van der Waals surface area contributed by atoms with Gasteiger partial charge in [-0.15, -0.1) is 0 Å². The maximum atomic E-state index is 12.0. The van der Waals surface area contributed by atoms with Crippen LogP contribution in [-0.4, -0.2) is 55.3 Å². The van der Waals surface area contributed by atoms with E-state index in [0.29, 0.717) is 6.42 Å². The number of imide groups is 1. The minimum Gasteiger partial charge on any atom is -0.465 e. The molecule has 0 aromatic rings. The number of sulfone groups is 1. The second-order valence-corrected chi connectivity index (χ2v) is 6.94. The van der Waals surface area contributed by atoms with Crippen molar-refractivity contribution in [1.29, 1.82) is 0 Å². The average Bonchev–Trinajstić information content (AvgIpc) is 2.62. The van der Waals surface area contributed by atoms with Gasteiger partial charge in [-0.3, -0.25) is 19.3 Å². The highest BCUT2D eigenvalue weighted by molar-refractivity contribution is 7.92. The standard InChI is InChI=1S/C12H19NO6S/c1-3-4-5-13-11(15)8-10(12(13)16)20(17,18)7-6-19-9(2)14/h10H,3-8H2,1-2H3. The van der Waals surface area contributed by atoms with E-state index in [0.717, 1.165) is 11.3 Å². The summed E-state index contributed by atoms with van der Waals surface area (Å²) in [4.78, 5) is 35.3. The largest absolute Gasteiger partial charge is 0.465 e. The molecular weight excluding hydrogens is 286 g/mol. The second kappa shape index (κ2) is 6.83. The summed E-state index contributed by atoms with van der Waals surface area (Å²) in [5.41, 5.74) is 0. The van der Waals surface area contributed by atoms with Gasteiger partial charge < -0.3 is 4.74 Å². The first-order chi connectivity index (χ1) is 9.29. The van der Waals surface area contributed by atoms with E-state index in [9.17, 15) is 22.8 Å². The molecule has 1 heterocycles. The fourth-order valence-corrected chi connectivity index (χ4v) is 3.36. The Hall–Kier alpha value is -1.44. The highest BCUT2D eigenvalue weighted by atomic mass is 32.2. The molecule has 1 aliphatic rings. The van der Waals surface area contributed by atoms with Gasteiger partial charge in [0.2, 0.25) is 11.8 Å². The minimum absolute atomic E-state index is 0.254. The summed E-state index contributed by atoms with van der Waals surface area (Å²) < 4.78 is 28.6. The van der Waals surface area contributed by atoms with Gasteiger partial charge in [0, 0.05) is 13.5 Å². The molecule has 1 saturated heterocycles. The van der Waals surface area contributed by atoms with E-state index < -0.39 is 38.6 Å². The summed E-state index contributed by atoms with van der Waals surface area (Å²) in [6, 6.07) is 0. The number of esters is 1. The van der Waals surface area contributed by atoms with E-state index in [2.05, 4.69) is 4.74 Å². The lowest BCUT2D eigenvalue weighted by Crippen LogP contribution is -2.37. The van der Waals surface area contributed by atoms with E-state index in [1.54, 1.807) is 0 Å². The Labute approximate surface area is 118 Å². The third-order valence-electron chi connectivity index (χ3n) is 3.04. The van der Waals surface area contributed by atoms with E-state index in [-0.39, 0.29) is 19.6 Å². The molecule has 7 nitrogen and oxygen atoms in total. The van der Waals surface area contributed by atoms with E-state index in [1.807, 2.05) is 6.92 Å². The first kappa shape index (κ1) is 16.6. The molecule has 1 aliphatic heterocycles. The summed E-state index contributed by atoms with van der Waals surface area (Å²) in [7, 11) is -3.78. The van der Waals surface area contributed by atoms with Crippen LogP contribution in [0.3, 0.4) is 0 Å². The van der Waals surface area contributed by atoms with Gasteiger partial charge in [-0.05, 0) is 6.42 Å². The van der Waals surface area contributed by atoms with Crippen LogP contribution < -0.4 is 0 Å². The van der Waals surface area contributed by atoms with Crippen molar-refractivity contribution in [2.45, 2.75) is 38.4 Å². The highest BCUT2D eigenvalue weighted by Gasteiger charge is 2.45. The highest BCUT2D eigenvalue weighted by Crippen LogP contribution is 2.21. The molecule has 1 atom stereocenters. The Morgan fingerprint density at radius 2 is 2.05 bits per heavy atom. The minimum atomic E-state index is -3.78. The number of hydrogen-bond donors (Lipinski definition) is 0. The zero-order valence-corrected chi connectivity index (χ0v) is 12.4. The number of rotatable bonds is 7. The third kappa shape index (κ3) is 4.03. The Morgan fingerprint density at radius 1 is 1.40 bits per heavy atom. The zero-order chi connectivity index (χ0) is 15.3. The molecule has 2 amide bonds. The van der Waals surface area contributed by atoms with Crippen LogP contribution in [0.25, 0.3) is 0 Å². The molecule has 0 bridgehead atoms. The summed E-state index contributed by atoms with van der Waals surface area (Å²) in [6.07, 6.45) is 1.14. The van der Waals surface area contributed by atoms with Crippen molar-refractivity contribution < 1.29 is 27.5 Å². The molecule has 0 aliphatic carbocycles. The Kier molecular flexibility index (Phi) is 5.67. The number of carbonyl (C=O) groups excluding carboxylic acids is 3. The normalized spacial score (nSPS) is 19.5. The van der Waals surface area contributed by atoms with Gasteiger partial charge in [0.1, 0.15) is 11.9 Å². The maximum absolute atomic E-state index is 12.0. The number of hydrogen-bond acceptors (Lipinski definition) is 6. The predicted octanol–water partition coefficient (Wildman–Crippen LogP) is -0.108. The molecular formula is C12H19NO6S. The number of ether oxygens (including phenoxy) is 1. The molecule has 114 valence electrons. The average molecular weight is 305 g/mol. The van der Waals surface area contributed by atoms with Crippen molar-refractivity contribution in [2.24, 2.45) is 0 Å². The van der Waals surface area contributed by atoms with Gasteiger partial charge >= 0.3 is 5.97 Å². The molecule has 0 radical (unpaired) electrons. The van der Waals surface area contributed by atoms with Crippen LogP contribution >= 0.6 is 0 Å². The number of carbonyl (C=O) groups is 3. The number of unbranched alkanes of at least 4 members (excludes halogenated alkanes) is 1. The first-order valence-corrected chi connectivity index (χ1v) is 8.20. The smallest absolute Gasteiger partial charge is 0.302 e. The molecule has 1 rings (SSSR count). The molecule has 0 spiro atoms.